The summed E-state index contributed by atoms with van der Waals surface area (Å²) in [6, 6.07) is 10.5. The van der Waals surface area contributed by atoms with Crippen molar-refractivity contribution in [3.05, 3.63) is 63.7 Å². The maximum absolute atomic E-state index is 12.4. The van der Waals surface area contributed by atoms with Crippen molar-refractivity contribution in [2.75, 3.05) is 5.73 Å². The lowest BCUT2D eigenvalue weighted by atomic mass is 9.99. The predicted octanol–water partition coefficient (Wildman–Crippen LogP) is 3.18. The molecule has 0 atom stereocenters. The first-order valence-corrected chi connectivity index (χ1v) is 6.32. The van der Waals surface area contributed by atoms with Crippen molar-refractivity contribution in [2.45, 2.75) is 13.2 Å². The van der Waals surface area contributed by atoms with E-state index in [1.54, 1.807) is 18.2 Å². The van der Waals surface area contributed by atoms with Gasteiger partial charge < -0.3 is 10.5 Å². The second-order valence-corrected chi connectivity index (χ2v) is 4.95. The topological polar surface area (TPSA) is 52.3 Å². The molecule has 0 saturated heterocycles. The van der Waals surface area contributed by atoms with Gasteiger partial charge in [0.15, 0.2) is 5.78 Å². The van der Waals surface area contributed by atoms with Crippen LogP contribution in [0.1, 0.15) is 27.0 Å². The Bertz CT molecular complexity index is 667. The van der Waals surface area contributed by atoms with Crippen LogP contribution in [0.4, 0.5) is 5.69 Å². The number of benzene rings is 2. The lowest BCUT2D eigenvalue weighted by Gasteiger charge is -2.06. The zero-order valence-corrected chi connectivity index (χ0v) is 10.9. The number of halogens is 1. The molecule has 0 fully saturated rings. The van der Waals surface area contributed by atoms with Crippen molar-refractivity contribution >= 4 is 23.1 Å². The quantitative estimate of drug-likeness (QED) is 0.675. The van der Waals surface area contributed by atoms with Crippen LogP contribution in [0.2, 0.25) is 5.02 Å². The molecule has 1 heterocycles. The lowest BCUT2D eigenvalue weighted by Crippen LogP contribution is -2.03. The van der Waals surface area contributed by atoms with E-state index >= 15 is 0 Å². The molecular weight excluding hydrogens is 262 g/mol. The van der Waals surface area contributed by atoms with Crippen LogP contribution in [0.5, 0.6) is 0 Å². The highest BCUT2D eigenvalue weighted by atomic mass is 35.5. The Kier molecular flexibility index (Phi) is 3.01. The van der Waals surface area contributed by atoms with Crippen molar-refractivity contribution in [1.29, 1.82) is 0 Å². The summed E-state index contributed by atoms with van der Waals surface area (Å²) in [6.07, 6.45) is 0. The molecule has 0 saturated carbocycles. The minimum Gasteiger partial charge on any atom is -0.399 e. The van der Waals surface area contributed by atoms with Crippen LogP contribution in [0.15, 0.2) is 36.4 Å². The van der Waals surface area contributed by atoms with Crippen molar-refractivity contribution in [3.8, 4) is 0 Å². The zero-order chi connectivity index (χ0) is 13.4. The number of anilines is 1. The second kappa shape index (κ2) is 4.68. The van der Waals surface area contributed by atoms with Gasteiger partial charge in [-0.05, 0) is 35.4 Å². The summed E-state index contributed by atoms with van der Waals surface area (Å²) in [4.78, 5) is 12.4. The van der Waals surface area contributed by atoms with Gasteiger partial charge >= 0.3 is 0 Å². The molecule has 96 valence electrons. The Morgan fingerprint density at radius 3 is 2.68 bits per heavy atom. The second-order valence-electron chi connectivity index (χ2n) is 4.54. The maximum Gasteiger partial charge on any atom is 0.194 e. The molecule has 4 heteroatoms. The number of fused-ring (bicyclic) bond motifs is 1. The highest BCUT2D eigenvalue weighted by Gasteiger charge is 2.17. The molecule has 0 radical (unpaired) electrons. The molecule has 2 aromatic rings. The zero-order valence-electron chi connectivity index (χ0n) is 10.2. The van der Waals surface area contributed by atoms with Gasteiger partial charge in [0.05, 0.1) is 18.2 Å². The summed E-state index contributed by atoms with van der Waals surface area (Å²) in [7, 11) is 0. The fourth-order valence-corrected chi connectivity index (χ4v) is 2.46. The Morgan fingerprint density at radius 2 is 1.89 bits per heavy atom. The first-order chi connectivity index (χ1) is 9.15. The summed E-state index contributed by atoms with van der Waals surface area (Å²) in [5.41, 5.74) is 9.47. The van der Waals surface area contributed by atoms with Crippen LogP contribution in [-0.4, -0.2) is 5.78 Å². The summed E-state index contributed by atoms with van der Waals surface area (Å²) in [5, 5.41) is 0.377. The summed E-state index contributed by atoms with van der Waals surface area (Å²) < 4.78 is 5.34. The average molecular weight is 274 g/mol. The van der Waals surface area contributed by atoms with Crippen LogP contribution < -0.4 is 5.73 Å². The highest BCUT2D eigenvalue weighted by Crippen LogP contribution is 2.25. The van der Waals surface area contributed by atoms with Gasteiger partial charge in [0.25, 0.3) is 0 Å². The minimum atomic E-state index is -0.0975. The smallest absolute Gasteiger partial charge is 0.194 e. The van der Waals surface area contributed by atoms with Crippen molar-refractivity contribution in [2.24, 2.45) is 0 Å². The Labute approximate surface area is 115 Å². The number of carbonyl (C=O) groups is 1. The highest BCUT2D eigenvalue weighted by molar-refractivity contribution is 6.35. The van der Waals surface area contributed by atoms with Gasteiger partial charge in [0.1, 0.15) is 0 Å². The SMILES string of the molecule is Nc1ccc(C(=O)c2ccc3c(c2)COC3)c(Cl)c1. The molecule has 3 nitrogen and oxygen atoms in total. The van der Waals surface area contributed by atoms with Gasteiger partial charge in [0.2, 0.25) is 0 Å². The third-order valence-electron chi connectivity index (χ3n) is 3.22. The van der Waals surface area contributed by atoms with Crippen molar-refractivity contribution in [3.63, 3.8) is 0 Å². The van der Waals surface area contributed by atoms with Crippen molar-refractivity contribution < 1.29 is 9.53 Å². The number of ether oxygens (including phenoxy) is 1. The maximum atomic E-state index is 12.4. The first-order valence-electron chi connectivity index (χ1n) is 5.94. The van der Waals surface area contributed by atoms with E-state index in [2.05, 4.69) is 0 Å². The fourth-order valence-electron chi connectivity index (χ4n) is 2.18. The molecule has 0 unspecified atom stereocenters. The van der Waals surface area contributed by atoms with Crippen LogP contribution in [-0.2, 0) is 18.0 Å². The monoisotopic (exact) mass is 273 g/mol. The molecule has 0 spiro atoms. The number of hydrogen-bond donors (Lipinski definition) is 1. The van der Waals surface area contributed by atoms with E-state index in [4.69, 9.17) is 22.1 Å². The molecule has 0 aliphatic carbocycles. The molecule has 2 N–H and O–H groups in total. The first kappa shape index (κ1) is 12.2. The van der Waals surface area contributed by atoms with E-state index in [0.29, 0.717) is 35.1 Å². The molecule has 1 aliphatic heterocycles. The van der Waals surface area contributed by atoms with Crippen LogP contribution in [0, 0.1) is 0 Å². The predicted molar refractivity (Wildman–Crippen MR) is 74.2 cm³/mol. The Hall–Kier alpha value is -1.84. The molecule has 1 aliphatic rings. The van der Waals surface area contributed by atoms with E-state index in [-0.39, 0.29) is 5.78 Å². The number of ketones is 1. The molecule has 19 heavy (non-hydrogen) atoms. The number of hydrogen-bond acceptors (Lipinski definition) is 3. The molecule has 3 rings (SSSR count). The number of rotatable bonds is 2. The van der Waals surface area contributed by atoms with E-state index in [1.807, 2.05) is 18.2 Å². The van der Waals surface area contributed by atoms with Gasteiger partial charge in [-0.25, -0.2) is 0 Å². The molecule has 0 amide bonds. The Morgan fingerprint density at radius 1 is 1.11 bits per heavy atom. The summed E-state index contributed by atoms with van der Waals surface area (Å²) in [5.74, 6) is -0.0975. The summed E-state index contributed by atoms with van der Waals surface area (Å²) >= 11 is 6.07. The number of nitrogens with two attached hydrogens (primary N) is 1. The molecule has 2 aromatic carbocycles. The van der Waals surface area contributed by atoms with Gasteiger partial charge in [-0.2, -0.15) is 0 Å². The Balaban J connectivity index is 2.00. The molecule has 0 bridgehead atoms. The van der Waals surface area contributed by atoms with Gasteiger partial charge in [-0.3, -0.25) is 4.79 Å². The minimum absolute atomic E-state index is 0.0975. The van der Waals surface area contributed by atoms with Gasteiger partial charge in [-0.1, -0.05) is 23.7 Å². The largest absolute Gasteiger partial charge is 0.399 e. The molecule has 0 aromatic heterocycles. The van der Waals surface area contributed by atoms with Gasteiger partial charge in [0, 0.05) is 16.8 Å². The van der Waals surface area contributed by atoms with Crippen LogP contribution in [0.3, 0.4) is 0 Å². The number of nitrogen functional groups attached to an aromatic ring is 1. The fraction of sp³-hybridized carbons (Fsp3) is 0.133. The van der Waals surface area contributed by atoms with Crippen LogP contribution >= 0.6 is 11.6 Å². The number of carbonyl (C=O) groups excluding carboxylic acids is 1. The van der Waals surface area contributed by atoms with E-state index in [1.165, 1.54) is 0 Å². The third-order valence-corrected chi connectivity index (χ3v) is 3.53. The standard InChI is InChI=1S/C15H12ClNO2/c16-14-6-12(17)3-4-13(14)15(18)9-1-2-10-7-19-8-11(10)5-9/h1-6H,7-8,17H2. The van der Waals surface area contributed by atoms with Crippen LogP contribution in [0.25, 0.3) is 0 Å². The van der Waals surface area contributed by atoms with Crippen molar-refractivity contribution in [1.82, 2.24) is 0 Å². The van der Waals surface area contributed by atoms with E-state index in [9.17, 15) is 4.79 Å². The third kappa shape index (κ3) is 2.23. The normalized spacial score (nSPS) is 13.3. The van der Waals surface area contributed by atoms with E-state index in [0.717, 1.165) is 11.1 Å². The molecular formula is C15H12ClNO2. The van der Waals surface area contributed by atoms with E-state index < -0.39 is 0 Å². The summed E-state index contributed by atoms with van der Waals surface area (Å²) in [6.45, 7) is 1.18. The average Bonchev–Trinajstić information content (AvgIpc) is 2.85. The lowest BCUT2D eigenvalue weighted by molar-refractivity contribution is 0.103. The van der Waals surface area contributed by atoms with Gasteiger partial charge in [-0.15, -0.1) is 0 Å².